The van der Waals surface area contributed by atoms with E-state index in [-0.39, 0.29) is 16.7 Å². The van der Waals surface area contributed by atoms with Crippen LogP contribution in [0.3, 0.4) is 0 Å². The molecule has 1 rings (SSSR count). The number of carbonyl (C=O) groups is 1. The molecule has 3 nitrogen and oxygen atoms in total. The Morgan fingerprint density at radius 3 is 2.09 bits per heavy atom. The molecule has 0 unspecified atom stereocenters. The lowest BCUT2D eigenvalue weighted by Gasteiger charge is -2.19. The number of benzene rings is 1. The van der Waals surface area contributed by atoms with Crippen LogP contribution in [0, 0.1) is 5.41 Å². The van der Waals surface area contributed by atoms with E-state index in [1.807, 2.05) is 24.3 Å². The molecule has 0 spiro atoms. The Morgan fingerprint density at radius 2 is 1.59 bits per heavy atom. The zero-order chi connectivity index (χ0) is 16.8. The molecule has 0 aromatic heterocycles. The molecule has 0 atom stereocenters. The molecule has 124 valence electrons. The Hall–Kier alpha value is -1.35. The molecule has 1 amide bonds. The van der Waals surface area contributed by atoms with Crippen molar-refractivity contribution in [1.29, 1.82) is 0 Å². The van der Waals surface area contributed by atoms with E-state index in [4.69, 9.17) is 4.74 Å². The first kappa shape index (κ1) is 18.7. The molecule has 0 heterocycles. The maximum Gasteiger partial charge on any atom is 0.251 e. The van der Waals surface area contributed by atoms with Crippen molar-refractivity contribution in [3.63, 3.8) is 0 Å². The van der Waals surface area contributed by atoms with E-state index in [1.165, 1.54) is 5.56 Å². The van der Waals surface area contributed by atoms with Crippen LogP contribution in [0.2, 0.25) is 0 Å². The third-order valence-corrected chi connectivity index (χ3v) is 3.54. The third-order valence-electron chi connectivity index (χ3n) is 3.54. The lowest BCUT2D eigenvalue weighted by Crippen LogP contribution is -2.27. The molecular weight excluding hydrogens is 274 g/mol. The van der Waals surface area contributed by atoms with Gasteiger partial charge in [-0.3, -0.25) is 4.79 Å². The molecule has 22 heavy (non-hydrogen) atoms. The van der Waals surface area contributed by atoms with E-state index in [1.54, 1.807) is 0 Å². The second kappa shape index (κ2) is 7.77. The smallest absolute Gasteiger partial charge is 0.251 e. The predicted octanol–water partition coefficient (Wildman–Crippen LogP) is 4.17. The molecule has 0 fully saturated rings. The molecular formula is C19H31NO2. The Kier molecular flexibility index (Phi) is 6.61. The first-order valence-corrected chi connectivity index (χ1v) is 8.06. The summed E-state index contributed by atoms with van der Waals surface area (Å²) in [5.41, 5.74) is 2.32. The second-order valence-corrected chi connectivity index (χ2v) is 8.01. The van der Waals surface area contributed by atoms with E-state index in [0.717, 1.165) is 13.0 Å². The minimum absolute atomic E-state index is 0.0418. The van der Waals surface area contributed by atoms with Crippen molar-refractivity contribution >= 4 is 5.91 Å². The second-order valence-electron chi connectivity index (χ2n) is 8.01. The summed E-state index contributed by atoms with van der Waals surface area (Å²) in [5, 5.41) is 2.89. The van der Waals surface area contributed by atoms with Gasteiger partial charge in [0.2, 0.25) is 0 Å². The van der Waals surface area contributed by atoms with Crippen molar-refractivity contribution in [2.75, 3.05) is 19.8 Å². The van der Waals surface area contributed by atoms with Crippen LogP contribution in [0.5, 0.6) is 0 Å². The van der Waals surface area contributed by atoms with E-state index < -0.39 is 0 Å². The lowest BCUT2D eigenvalue weighted by atomic mass is 9.87. The van der Waals surface area contributed by atoms with Crippen LogP contribution in [-0.4, -0.2) is 25.7 Å². The summed E-state index contributed by atoms with van der Waals surface area (Å²) in [6.45, 7) is 14.9. The summed E-state index contributed by atoms with van der Waals surface area (Å²) in [6.07, 6.45) is 1.02. The maximum atomic E-state index is 12.0. The molecule has 0 saturated carbocycles. The first-order chi connectivity index (χ1) is 10.1. The van der Waals surface area contributed by atoms with E-state index in [2.05, 4.69) is 46.9 Å². The summed E-state index contributed by atoms with van der Waals surface area (Å²) in [5.74, 6) is -0.0418. The standard InChI is InChI=1S/C19H31NO2/c1-18(2,3)11-13-22-14-12-20-17(21)15-7-9-16(10-8-15)19(4,5)6/h7-10H,11-14H2,1-6H3,(H,20,21). The van der Waals surface area contributed by atoms with Gasteiger partial charge in [-0.2, -0.15) is 0 Å². The minimum atomic E-state index is -0.0418. The quantitative estimate of drug-likeness (QED) is 0.801. The van der Waals surface area contributed by atoms with Crippen molar-refractivity contribution in [3.05, 3.63) is 35.4 Å². The van der Waals surface area contributed by atoms with E-state index in [9.17, 15) is 4.79 Å². The summed E-state index contributed by atoms with van der Waals surface area (Å²) < 4.78 is 5.55. The van der Waals surface area contributed by atoms with Crippen LogP contribution < -0.4 is 5.32 Å². The van der Waals surface area contributed by atoms with Crippen LogP contribution in [-0.2, 0) is 10.2 Å². The van der Waals surface area contributed by atoms with E-state index >= 15 is 0 Å². The summed E-state index contributed by atoms with van der Waals surface area (Å²) in [6, 6.07) is 7.82. The van der Waals surface area contributed by atoms with Gasteiger partial charge < -0.3 is 10.1 Å². The number of nitrogens with one attached hydrogen (secondary N) is 1. The fraction of sp³-hybridized carbons (Fsp3) is 0.632. The Bertz CT molecular complexity index is 464. The highest BCUT2D eigenvalue weighted by Crippen LogP contribution is 2.22. The van der Waals surface area contributed by atoms with Crippen LogP contribution in [0.1, 0.15) is 63.9 Å². The summed E-state index contributed by atoms with van der Waals surface area (Å²) in [4.78, 5) is 12.0. The zero-order valence-electron chi connectivity index (χ0n) is 15.0. The fourth-order valence-electron chi connectivity index (χ4n) is 1.94. The van der Waals surface area contributed by atoms with Gasteiger partial charge in [0, 0.05) is 18.7 Å². The third kappa shape index (κ3) is 7.08. The molecule has 1 aromatic carbocycles. The monoisotopic (exact) mass is 305 g/mol. The largest absolute Gasteiger partial charge is 0.380 e. The number of hydrogen-bond acceptors (Lipinski definition) is 2. The van der Waals surface area contributed by atoms with Crippen molar-refractivity contribution in [2.45, 2.75) is 53.4 Å². The molecule has 1 N–H and O–H groups in total. The summed E-state index contributed by atoms with van der Waals surface area (Å²) >= 11 is 0. The van der Waals surface area contributed by atoms with Crippen molar-refractivity contribution in [3.8, 4) is 0 Å². The number of ether oxygens (including phenoxy) is 1. The molecule has 0 saturated heterocycles. The Balaban J connectivity index is 2.31. The van der Waals surface area contributed by atoms with Crippen LogP contribution in [0.15, 0.2) is 24.3 Å². The van der Waals surface area contributed by atoms with Gasteiger partial charge in [-0.25, -0.2) is 0 Å². The van der Waals surface area contributed by atoms with Gasteiger partial charge in [0.15, 0.2) is 0 Å². The highest BCUT2D eigenvalue weighted by molar-refractivity contribution is 5.94. The SMILES string of the molecule is CC(C)(C)CCOCCNC(=O)c1ccc(C(C)(C)C)cc1. The van der Waals surface area contributed by atoms with Gasteiger partial charge in [0.1, 0.15) is 0 Å². The topological polar surface area (TPSA) is 38.3 Å². The van der Waals surface area contributed by atoms with Crippen LogP contribution in [0.4, 0.5) is 0 Å². The number of rotatable bonds is 6. The van der Waals surface area contributed by atoms with Crippen molar-refractivity contribution in [2.24, 2.45) is 5.41 Å². The molecule has 3 heteroatoms. The maximum absolute atomic E-state index is 12.0. The molecule has 1 aromatic rings. The highest BCUT2D eigenvalue weighted by atomic mass is 16.5. The molecule has 0 aliphatic heterocycles. The van der Waals surface area contributed by atoms with Gasteiger partial charge in [0.25, 0.3) is 5.91 Å². The molecule has 0 aliphatic carbocycles. The Labute approximate surface area is 135 Å². The average molecular weight is 305 g/mol. The number of amides is 1. The van der Waals surface area contributed by atoms with Crippen molar-refractivity contribution < 1.29 is 9.53 Å². The molecule has 0 bridgehead atoms. The first-order valence-electron chi connectivity index (χ1n) is 8.06. The highest BCUT2D eigenvalue weighted by Gasteiger charge is 2.14. The average Bonchev–Trinajstić information content (AvgIpc) is 2.40. The molecule has 0 aliphatic rings. The normalized spacial score (nSPS) is 12.3. The van der Waals surface area contributed by atoms with Crippen molar-refractivity contribution in [1.82, 2.24) is 5.32 Å². The van der Waals surface area contributed by atoms with Gasteiger partial charge in [0.05, 0.1) is 6.61 Å². The van der Waals surface area contributed by atoms with Gasteiger partial charge in [-0.1, -0.05) is 53.7 Å². The van der Waals surface area contributed by atoms with Gasteiger partial charge in [-0.05, 0) is 34.9 Å². The number of hydrogen-bond donors (Lipinski definition) is 1. The Morgan fingerprint density at radius 1 is 1.00 bits per heavy atom. The predicted molar refractivity (Wildman–Crippen MR) is 92.4 cm³/mol. The summed E-state index contributed by atoms with van der Waals surface area (Å²) in [7, 11) is 0. The fourth-order valence-corrected chi connectivity index (χ4v) is 1.94. The zero-order valence-corrected chi connectivity index (χ0v) is 15.0. The lowest BCUT2D eigenvalue weighted by molar-refractivity contribution is 0.0883. The van der Waals surface area contributed by atoms with Crippen LogP contribution >= 0.6 is 0 Å². The minimum Gasteiger partial charge on any atom is -0.380 e. The van der Waals surface area contributed by atoms with Crippen LogP contribution in [0.25, 0.3) is 0 Å². The van der Waals surface area contributed by atoms with Gasteiger partial charge >= 0.3 is 0 Å². The molecule has 0 radical (unpaired) electrons. The van der Waals surface area contributed by atoms with Gasteiger partial charge in [-0.15, -0.1) is 0 Å². The van der Waals surface area contributed by atoms with E-state index in [0.29, 0.717) is 18.7 Å². The number of carbonyl (C=O) groups excluding carboxylic acids is 1.